The lowest BCUT2D eigenvalue weighted by molar-refractivity contribution is -0.131. The van der Waals surface area contributed by atoms with Crippen LogP contribution >= 0.6 is 0 Å². The Morgan fingerprint density at radius 1 is 1.25 bits per heavy atom. The van der Waals surface area contributed by atoms with Gasteiger partial charge in [-0.15, -0.1) is 0 Å². The van der Waals surface area contributed by atoms with Gasteiger partial charge in [-0.2, -0.15) is 10.2 Å². The number of carbonyl (C=O) groups is 1. The summed E-state index contributed by atoms with van der Waals surface area (Å²) in [6.45, 7) is 10.3. The van der Waals surface area contributed by atoms with Gasteiger partial charge in [-0.3, -0.25) is 9.89 Å². The summed E-state index contributed by atoms with van der Waals surface area (Å²) in [6, 6.07) is 10.4. The third-order valence-electron chi connectivity index (χ3n) is 6.04. The summed E-state index contributed by atoms with van der Waals surface area (Å²) in [5.74, 6) is 3.19. The Bertz CT molecular complexity index is 1050. The van der Waals surface area contributed by atoms with Crippen LogP contribution in [0.4, 0.5) is 0 Å². The molecule has 8 nitrogen and oxygen atoms in total. The lowest BCUT2D eigenvalue weighted by atomic mass is 10.0. The fraction of sp³-hybridized carbons (Fsp3) is 0.500. The van der Waals surface area contributed by atoms with Gasteiger partial charge in [0.05, 0.1) is 12.3 Å². The first-order valence-electron chi connectivity index (χ1n) is 11.3. The predicted molar refractivity (Wildman–Crippen MR) is 122 cm³/mol. The molecular formula is C24H32N6O2. The van der Waals surface area contributed by atoms with E-state index in [0.29, 0.717) is 24.9 Å². The number of amides is 1. The fourth-order valence-electron chi connectivity index (χ4n) is 4.11. The Morgan fingerprint density at radius 2 is 2.03 bits per heavy atom. The average molecular weight is 437 g/mol. The molecule has 2 aromatic heterocycles. The third kappa shape index (κ3) is 5.18. The first-order chi connectivity index (χ1) is 15.4. The Hall–Kier alpha value is -3.16. The number of ether oxygens (including phenoxy) is 1. The maximum Gasteiger partial charge on any atom is 0.244 e. The second-order valence-corrected chi connectivity index (χ2v) is 8.83. The largest absolute Gasteiger partial charge is 0.493 e. The van der Waals surface area contributed by atoms with E-state index in [1.165, 1.54) is 5.56 Å². The van der Waals surface area contributed by atoms with Crippen LogP contribution in [-0.4, -0.2) is 55.5 Å². The molecule has 1 N–H and O–H groups in total. The number of hydrogen-bond donors (Lipinski definition) is 1. The summed E-state index contributed by atoms with van der Waals surface area (Å²) < 4.78 is 7.56. The topological polar surface area (TPSA) is 88.9 Å². The van der Waals surface area contributed by atoms with Gasteiger partial charge in [0, 0.05) is 31.1 Å². The number of benzene rings is 1. The van der Waals surface area contributed by atoms with E-state index in [2.05, 4.69) is 52.3 Å². The Labute approximate surface area is 189 Å². The van der Waals surface area contributed by atoms with Crippen LogP contribution in [0.25, 0.3) is 0 Å². The lowest BCUT2D eigenvalue weighted by Crippen LogP contribution is -2.32. The number of likely N-dealkylation sites (tertiary alicyclic amines) is 1. The van der Waals surface area contributed by atoms with Gasteiger partial charge < -0.3 is 9.64 Å². The Morgan fingerprint density at radius 3 is 2.72 bits per heavy atom. The fourth-order valence-corrected chi connectivity index (χ4v) is 4.11. The minimum atomic E-state index is 0.0770. The molecule has 1 amide bonds. The molecule has 170 valence electrons. The van der Waals surface area contributed by atoms with Crippen molar-refractivity contribution in [3.63, 3.8) is 0 Å². The number of hydrogen-bond acceptors (Lipinski definition) is 5. The van der Waals surface area contributed by atoms with E-state index in [4.69, 9.17) is 4.74 Å². The molecule has 1 fully saturated rings. The maximum atomic E-state index is 12.7. The molecular weight excluding hydrogens is 404 g/mol. The van der Waals surface area contributed by atoms with Crippen molar-refractivity contribution in [2.24, 2.45) is 0 Å². The molecule has 4 rings (SSSR count). The molecule has 0 radical (unpaired) electrons. The zero-order chi connectivity index (χ0) is 22.7. The smallest absolute Gasteiger partial charge is 0.244 e. The van der Waals surface area contributed by atoms with E-state index in [1.807, 2.05) is 30.9 Å². The van der Waals surface area contributed by atoms with E-state index in [0.717, 1.165) is 42.3 Å². The number of aryl methyl sites for hydroxylation is 2. The monoisotopic (exact) mass is 436 g/mol. The lowest BCUT2D eigenvalue weighted by Gasteiger charge is -2.16. The van der Waals surface area contributed by atoms with Gasteiger partial charge >= 0.3 is 0 Å². The molecule has 3 aromatic rings. The molecule has 8 heteroatoms. The number of H-pyrrole nitrogens is 1. The van der Waals surface area contributed by atoms with Crippen LogP contribution in [0, 0.1) is 13.8 Å². The predicted octanol–water partition coefficient (Wildman–Crippen LogP) is 3.38. The number of nitrogens with one attached hydrogen (secondary N) is 1. The maximum absolute atomic E-state index is 12.7. The summed E-state index contributed by atoms with van der Waals surface area (Å²) in [4.78, 5) is 18.9. The van der Waals surface area contributed by atoms with Crippen LogP contribution in [0.3, 0.4) is 0 Å². The highest BCUT2D eigenvalue weighted by atomic mass is 16.5. The molecule has 0 spiro atoms. The van der Waals surface area contributed by atoms with Crippen molar-refractivity contribution in [3.8, 4) is 5.75 Å². The van der Waals surface area contributed by atoms with Crippen molar-refractivity contribution in [3.05, 3.63) is 58.9 Å². The Balaban J connectivity index is 1.25. The molecule has 0 aliphatic carbocycles. The normalized spacial score (nSPS) is 16.2. The van der Waals surface area contributed by atoms with Gasteiger partial charge in [0.15, 0.2) is 0 Å². The zero-order valence-electron chi connectivity index (χ0n) is 19.3. The number of rotatable bonds is 8. The second kappa shape index (κ2) is 9.54. The van der Waals surface area contributed by atoms with E-state index < -0.39 is 0 Å². The average Bonchev–Trinajstić information content (AvgIpc) is 3.49. The van der Waals surface area contributed by atoms with Crippen molar-refractivity contribution in [1.29, 1.82) is 0 Å². The molecule has 32 heavy (non-hydrogen) atoms. The molecule has 1 aromatic carbocycles. The van der Waals surface area contributed by atoms with E-state index >= 15 is 0 Å². The molecule has 0 saturated carbocycles. The molecule has 1 saturated heterocycles. The van der Waals surface area contributed by atoms with Gasteiger partial charge in [-0.1, -0.05) is 26.0 Å². The van der Waals surface area contributed by atoms with Crippen molar-refractivity contribution in [2.45, 2.75) is 58.9 Å². The minimum Gasteiger partial charge on any atom is -0.493 e. The summed E-state index contributed by atoms with van der Waals surface area (Å²) in [7, 11) is 0. The van der Waals surface area contributed by atoms with Crippen molar-refractivity contribution >= 4 is 5.91 Å². The minimum absolute atomic E-state index is 0.0770. The van der Waals surface area contributed by atoms with Crippen LogP contribution in [0.15, 0.2) is 30.3 Å². The third-order valence-corrected chi connectivity index (χ3v) is 6.04. The van der Waals surface area contributed by atoms with Crippen LogP contribution in [0.1, 0.15) is 60.7 Å². The van der Waals surface area contributed by atoms with Crippen molar-refractivity contribution < 1.29 is 9.53 Å². The van der Waals surface area contributed by atoms with Gasteiger partial charge in [-0.05, 0) is 49.9 Å². The number of aromatic nitrogens is 5. The molecule has 0 bridgehead atoms. The van der Waals surface area contributed by atoms with E-state index in [-0.39, 0.29) is 18.4 Å². The highest BCUT2D eigenvalue weighted by Crippen LogP contribution is 2.26. The second-order valence-electron chi connectivity index (χ2n) is 8.83. The van der Waals surface area contributed by atoms with E-state index in [9.17, 15) is 4.79 Å². The quantitative estimate of drug-likeness (QED) is 0.585. The van der Waals surface area contributed by atoms with Gasteiger partial charge in [0.25, 0.3) is 0 Å². The summed E-state index contributed by atoms with van der Waals surface area (Å²) in [6.07, 6.45) is 1.68. The number of carbonyl (C=O) groups excluding carboxylic acids is 1. The Kier molecular flexibility index (Phi) is 6.58. The van der Waals surface area contributed by atoms with Gasteiger partial charge in [0.2, 0.25) is 5.91 Å². The molecule has 1 aliphatic rings. The van der Waals surface area contributed by atoms with Crippen LogP contribution in [-0.2, 0) is 17.8 Å². The SMILES string of the molecule is Cc1nc(C)n(CC(=O)N2CC[C@@H](c3cc(CCOc4ccc(C(C)C)cc4)[nH]n3)C2)n1. The van der Waals surface area contributed by atoms with Crippen molar-refractivity contribution in [2.75, 3.05) is 19.7 Å². The molecule has 1 atom stereocenters. The highest BCUT2D eigenvalue weighted by Gasteiger charge is 2.29. The first-order valence-corrected chi connectivity index (χ1v) is 11.3. The summed E-state index contributed by atoms with van der Waals surface area (Å²) in [5.41, 5.74) is 3.38. The highest BCUT2D eigenvalue weighted by molar-refractivity contribution is 5.76. The van der Waals surface area contributed by atoms with Gasteiger partial charge in [0.1, 0.15) is 23.9 Å². The first kappa shape index (κ1) is 22.0. The summed E-state index contributed by atoms with van der Waals surface area (Å²) in [5, 5.41) is 11.9. The summed E-state index contributed by atoms with van der Waals surface area (Å²) >= 11 is 0. The molecule has 1 aliphatic heterocycles. The van der Waals surface area contributed by atoms with Crippen LogP contribution < -0.4 is 4.74 Å². The van der Waals surface area contributed by atoms with Crippen LogP contribution in [0.5, 0.6) is 5.75 Å². The number of aromatic amines is 1. The zero-order valence-corrected chi connectivity index (χ0v) is 19.3. The van der Waals surface area contributed by atoms with Gasteiger partial charge in [-0.25, -0.2) is 9.67 Å². The number of nitrogens with zero attached hydrogens (tertiary/aromatic N) is 5. The van der Waals surface area contributed by atoms with Crippen molar-refractivity contribution in [1.82, 2.24) is 29.9 Å². The van der Waals surface area contributed by atoms with E-state index in [1.54, 1.807) is 4.68 Å². The molecule has 0 unspecified atom stereocenters. The van der Waals surface area contributed by atoms with Crippen LogP contribution in [0.2, 0.25) is 0 Å². The molecule has 3 heterocycles. The standard InChI is InChI=1S/C24H32N6O2/c1-16(2)19-5-7-22(8-6-19)32-12-10-21-13-23(27-26-21)20-9-11-29(14-20)24(31)15-30-18(4)25-17(3)28-30/h5-8,13,16,20H,9-12,14-15H2,1-4H3,(H,26,27)/t20-/m1/s1.